The van der Waals surface area contributed by atoms with Crippen molar-refractivity contribution in [1.29, 1.82) is 0 Å². The monoisotopic (exact) mass is 308 g/mol. The number of hydrogen-bond acceptors (Lipinski definition) is 5. The molecular weight excluding hydrogens is 288 g/mol. The third-order valence-corrected chi connectivity index (χ3v) is 3.26. The molecule has 1 aliphatic heterocycles. The molecule has 0 atom stereocenters. The first kappa shape index (κ1) is 16.0. The fourth-order valence-corrected chi connectivity index (χ4v) is 2.05. The van der Waals surface area contributed by atoms with E-state index in [0.29, 0.717) is 32.8 Å². The summed E-state index contributed by atoms with van der Waals surface area (Å²) in [4.78, 5) is 38.2. The van der Waals surface area contributed by atoms with Crippen LogP contribution < -0.4 is 5.56 Å². The van der Waals surface area contributed by atoms with Crippen molar-refractivity contribution in [3.8, 4) is 0 Å². The first-order chi connectivity index (χ1) is 10.5. The predicted molar refractivity (Wildman–Crippen MR) is 78.5 cm³/mol. The van der Waals surface area contributed by atoms with E-state index < -0.39 is 0 Å². The van der Waals surface area contributed by atoms with Crippen LogP contribution in [0.5, 0.6) is 0 Å². The van der Waals surface area contributed by atoms with Gasteiger partial charge in [-0.25, -0.2) is 9.89 Å². The maximum atomic E-state index is 12.2. The number of ether oxygens (including phenoxy) is 1. The summed E-state index contributed by atoms with van der Waals surface area (Å²) in [7, 11) is 0. The van der Waals surface area contributed by atoms with Gasteiger partial charge in [-0.15, -0.1) is 0 Å². The molecule has 120 valence electrons. The van der Waals surface area contributed by atoms with E-state index in [0.717, 1.165) is 0 Å². The van der Waals surface area contributed by atoms with Crippen LogP contribution in [0.25, 0.3) is 0 Å². The fraction of sp³-hybridized carbons (Fsp3) is 0.571. The number of hydrogen-bond donors (Lipinski definition) is 1. The molecule has 8 nitrogen and oxygen atoms in total. The van der Waals surface area contributed by atoms with Gasteiger partial charge in [0.15, 0.2) is 0 Å². The Morgan fingerprint density at radius 2 is 1.86 bits per heavy atom. The van der Waals surface area contributed by atoms with Gasteiger partial charge in [0.05, 0.1) is 6.61 Å². The molecule has 0 saturated carbocycles. The smallest absolute Gasteiger partial charge is 0.409 e. The number of H-pyrrole nitrogens is 1. The van der Waals surface area contributed by atoms with Crippen LogP contribution in [0.1, 0.15) is 24.3 Å². The molecular formula is C14H20N4O4. The van der Waals surface area contributed by atoms with Crippen LogP contribution >= 0.6 is 0 Å². The highest BCUT2D eigenvalue weighted by Crippen LogP contribution is 2.08. The van der Waals surface area contributed by atoms with Crippen LogP contribution in [0.15, 0.2) is 16.9 Å². The second kappa shape index (κ2) is 7.06. The van der Waals surface area contributed by atoms with Gasteiger partial charge >= 0.3 is 6.09 Å². The molecule has 1 aliphatic rings. The van der Waals surface area contributed by atoms with Crippen LogP contribution in [0.3, 0.4) is 0 Å². The summed E-state index contributed by atoms with van der Waals surface area (Å²) in [5.74, 6) is 0.0320. The van der Waals surface area contributed by atoms with Crippen LogP contribution in [0.2, 0.25) is 0 Å². The molecule has 8 heteroatoms. The van der Waals surface area contributed by atoms with E-state index in [1.54, 1.807) is 9.80 Å². The lowest BCUT2D eigenvalue weighted by atomic mass is 10.2. The minimum Gasteiger partial charge on any atom is -0.449 e. The Bertz CT molecular complexity index is 570. The Morgan fingerprint density at radius 3 is 2.41 bits per heavy atom. The molecule has 2 amide bonds. The Morgan fingerprint density at radius 1 is 1.23 bits per heavy atom. The van der Waals surface area contributed by atoms with Crippen LogP contribution in [0, 0.1) is 5.92 Å². The molecule has 0 unspecified atom stereocenters. The molecule has 0 aliphatic carbocycles. The molecule has 1 saturated heterocycles. The van der Waals surface area contributed by atoms with Gasteiger partial charge in [0.25, 0.3) is 11.5 Å². The topological polar surface area (TPSA) is 95.6 Å². The lowest BCUT2D eigenvalue weighted by molar-refractivity contribution is 0.0530. The van der Waals surface area contributed by atoms with Crippen LogP contribution in [-0.4, -0.2) is 64.8 Å². The van der Waals surface area contributed by atoms with E-state index in [4.69, 9.17) is 4.74 Å². The van der Waals surface area contributed by atoms with Crippen molar-refractivity contribution in [2.24, 2.45) is 5.92 Å². The molecule has 22 heavy (non-hydrogen) atoms. The average Bonchev–Trinajstić information content (AvgIpc) is 2.53. The number of piperazine rings is 1. The molecule has 0 aromatic carbocycles. The van der Waals surface area contributed by atoms with Crippen molar-refractivity contribution in [3.63, 3.8) is 0 Å². The lowest BCUT2D eigenvalue weighted by Gasteiger charge is -2.34. The molecule has 1 fully saturated rings. The maximum Gasteiger partial charge on any atom is 0.409 e. The number of amides is 2. The third kappa shape index (κ3) is 4.06. The summed E-state index contributed by atoms with van der Waals surface area (Å²) in [5.41, 5.74) is -0.162. The zero-order chi connectivity index (χ0) is 16.1. The summed E-state index contributed by atoms with van der Waals surface area (Å²) < 4.78 is 5.17. The zero-order valence-electron chi connectivity index (χ0n) is 12.7. The Balaban J connectivity index is 1.86. The molecule has 0 bridgehead atoms. The molecule has 1 N–H and O–H groups in total. The standard InChI is InChI=1S/C14H20N4O4/c1-10(2)9-22-14(21)18-7-5-17(6-8-18)13(20)11-3-4-12(19)16-15-11/h3-4,10H,5-9H2,1-2H3,(H,16,19). The SMILES string of the molecule is CC(C)COC(=O)N1CCN(C(=O)c2ccc(=O)[nH]n2)CC1. The number of carbonyl (C=O) groups is 2. The first-order valence-electron chi connectivity index (χ1n) is 7.24. The second-order valence-corrected chi connectivity index (χ2v) is 5.56. The van der Waals surface area contributed by atoms with Crippen molar-refractivity contribution < 1.29 is 14.3 Å². The normalized spacial score (nSPS) is 15.0. The Hall–Kier alpha value is -2.38. The molecule has 0 radical (unpaired) electrons. The molecule has 2 heterocycles. The van der Waals surface area contributed by atoms with Gasteiger partial charge in [0.1, 0.15) is 5.69 Å². The number of aromatic nitrogens is 2. The van der Waals surface area contributed by atoms with E-state index in [9.17, 15) is 14.4 Å². The van der Waals surface area contributed by atoms with Gasteiger partial charge in [-0.05, 0) is 12.0 Å². The van der Waals surface area contributed by atoms with Gasteiger partial charge in [0.2, 0.25) is 0 Å². The maximum absolute atomic E-state index is 12.2. The highest BCUT2D eigenvalue weighted by molar-refractivity contribution is 5.92. The van der Waals surface area contributed by atoms with Gasteiger partial charge in [0, 0.05) is 32.2 Å². The molecule has 1 aromatic rings. The molecule has 2 rings (SSSR count). The van der Waals surface area contributed by atoms with E-state index in [1.165, 1.54) is 12.1 Å². The molecule has 0 spiro atoms. The van der Waals surface area contributed by atoms with Crippen molar-refractivity contribution in [3.05, 3.63) is 28.2 Å². The summed E-state index contributed by atoms with van der Waals surface area (Å²) in [6, 6.07) is 2.66. The van der Waals surface area contributed by atoms with Gasteiger partial charge < -0.3 is 14.5 Å². The van der Waals surface area contributed by atoms with E-state index in [2.05, 4.69) is 10.2 Å². The number of carbonyl (C=O) groups excluding carboxylic acids is 2. The van der Waals surface area contributed by atoms with Crippen molar-refractivity contribution in [1.82, 2.24) is 20.0 Å². The van der Waals surface area contributed by atoms with Crippen LogP contribution in [0.4, 0.5) is 4.79 Å². The van der Waals surface area contributed by atoms with E-state index >= 15 is 0 Å². The Kier molecular flexibility index (Phi) is 5.13. The fourth-order valence-electron chi connectivity index (χ4n) is 2.05. The minimum absolute atomic E-state index is 0.190. The van der Waals surface area contributed by atoms with Crippen LogP contribution in [-0.2, 0) is 4.74 Å². The van der Waals surface area contributed by atoms with Gasteiger partial charge in [-0.3, -0.25) is 9.59 Å². The quantitative estimate of drug-likeness (QED) is 0.867. The first-order valence-corrected chi connectivity index (χ1v) is 7.24. The average molecular weight is 308 g/mol. The molecule has 1 aromatic heterocycles. The van der Waals surface area contributed by atoms with Crippen molar-refractivity contribution in [2.45, 2.75) is 13.8 Å². The summed E-state index contributed by atoms with van der Waals surface area (Å²) >= 11 is 0. The lowest BCUT2D eigenvalue weighted by Crippen LogP contribution is -2.51. The van der Waals surface area contributed by atoms with Gasteiger partial charge in [-0.2, -0.15) is 5.10 Å². The van der Waals surface area contributed by atoms with Crippen molar-refractivity contribution >= 4 is 12.0 Å². The van der Waals surface area contributed by atoms with E-state index in [-0.39, 0.29) is 29.2 Å². The third-order valence-electron chi connectivity index (χ3n) is 3.26. The summed E-state index contributed by atoms with van der Waals surface area (Å²) in [5, 5.41) is 5.96. The second-order valence-electron chi connectivity index (χ2n) is 5.56. The van der Waals surface area contributed by atoms with Gasteiger partial charge in [-0.1, -0.05) is 13.8 Å². The number of aromatic amines is 1. The largest absolute Gasteiger partial charge is 0.449 e. The number of nitrogens with one attached hydrogen (secondary N) is 1. The summed E-state index contributed by atoms with van der Waals surface area (Å²) in [6.07, 6.45) is -0.344. The zero-order valence-corrected chi connectivity index (χ0v) is 12.7. The van der Waals surface area contributed by atoms with E-state index in [1.807, 2.05) is 13.8 Å². The van der Waals surface area contributed by atoms with Crippen molar-refractivity contribution in [2.75, 3.05) is 32.8 Å². The minimum atomic E-state index is -0.353. The highest BCUT2D eigenvalue weighted by atomic mass is 16.6. The summed E-state index contributed by atoms with van der Waals surface area (Å²) in [6.45, 7) is 6.01. The Labute approximate surface area is 128 Å². The predicted octanol–water partition coefficient (Wildman–Crippen LogP) is 0.320. The number of nitrogens with zero attached hydrogens (tertiary/aromatic N) is 3. The number of rotatable bonds is 3. The highest BCUT2D eigenvalue weighted by Gasteiger charge is 2.26.